The summed E-state index contributed by atoms with van der Waals surface area (Å²) >= 11 is 4.75. The van der Waals surface area contributed by atoms with Gasteiger partial charge in [-0.05, 0) is 110 Å². The van der Waals surface area contributed by atoms with Gasteiger partial charge in [0.2, 0.25) is 0 Å². The van der Waals surface area contributed by atoms with Crippen LogP contribution in [0.15, 0.2) is 11.6 Å². The molecular weight excluding hydrogens is 435 g/mol. The van der Waals surface area contributed by atoms with Crippen LogP contribution in [0.1, 0.15) is 105 Å². The van der Waals surface area contributed by atoms with Crippen molar-refractivity contribution in [3.05, 3.63) is 11.6 Å². The first kappa shape index (κ1) is 25.4. The Morgan fingerprint density at radius 1 is 1.06 bits per heavy atom. The van der Waals surface area contributed by atoms with Crippen LogP contribution in [0.2, 0.25) is 0 Å². The molecular formula is C27H47O3PS. The monoisotopic (exact) mass is 482 g/mol. The summed E-state index contributed by atoms with van der Waals surface area (Å²) in [6.07, 6.45) is 16.2. The zero-order valence-corrected chi connectivity index (χ0v) is 22.8. The molecule has 5 heteroatoms. The Hall–Kier alpha value is 0.270. The second-order valence-corrected chi connectivity index (χ2v) is 15.4. The highest BCUT2D eigenvalue weighted by Crippen LogP contribution is 2.67. The van der Waals surface area contributed by atoms with E-state index in [2.05, 4.69) is 40.7 Å². The van der Waals surface area contributed by atoms with Gasteiger partial charge in [0, 0.05) is 0 Å². The molecule has 4 aliphatic carbocycles. The van der Waals surface area contributed by atoms with Gasteiger partial charge in [0.15, 0.2) is 0 Å². The smallest absolute Gasteiger partial charge is 0.322 e. The molecule has 0 heterocycles. The molecule has 0 bridgehead atoms. The molecule has 3 saturated carbocycles. The number of hydrogen-bond donors (Lipinski definition) is 2. The Labute approximate surface area is 202 Å². The molecule has 3 nitrogen and oxygen atoms in total. The van der Waals surface area contributed by atoms with Crippen LogP contribution in [-0.4, -0.2) is 15.9 Å². The SMILES string of the molecule is CC(C)CCC[C@@H](C)[C@H]1CCC2C3CC=C4CC(OP(O)(O)=S)CC[C@]4(C)C3CC[C@@]21C. The van der Waals surface area contributed by atoms with Crippen LogP contribution in [0.25, 0.3) is 0 Å². The van der Waals surface area contributed by atoms with Crippen molar-refractivity contribution in [3.8, 4) is 0 Å². The summed E-state index contributed by atoms with van der Waals surface area (Å²) in [5.41, 5.74) is 2.30. The second-order valence-electron chi connectivity index (χ2n) is 12.8. The minimum Gasteiger partial charge on any atom is -0.325 e. The number of fused-ring (bicyclic) bond motifs is 5. The maximum Gasteiger partial charge on any atom is 0.322 e. The van der Waals surface area contributed by atoms with Crippen molar-refractivity contribution in [2.45, 2.75) is 111 Å². The van der Waals surface area contributed by atoms with Gasteiger partial charge in [0.25, 0.3) is 0 Å². The van der Waals surface area contributed by atoms with Crippen molar-refractivity contribution in [1.82, 2.24) is 0 Å². The van der Waals surface area contributed by atoms with E-state index in [0.29, 0.717) is 5.41 Å². The molecule has 0 spiro atoms. The third kappa shape index (κ3) is 4.83. The fourth-order valence-electron chi connectivity index (χ4n) is 8.94. The molecule has 0 radical (unpaired) electrons. The van der Waals surface area contributed by atoms with Gasteiger partial charge >= 0.3 is 6.72 Å². The zero-order valence-electron chi connectivity index (χ0n) is 21.1. The fourth-order valence-corrected chi connectivity index (χ4v) is 9.87. The molecule has 3 fully saturated rings. The highest BCUT2D eigenvalue weighted by Gasteiger charge is 2.59. The van der Waals surface area contributed by atoms with Crippen molar-refractivity contribution in [2.75, 3.05) is 0 Å². The van der Waals surface area contributed by atoms with E-state index in [9.17, 15) is 9.79 Å². The van der Waals surface area contributed by atoms with Crippen LogP contribution in [0, 0.1) is 46.3 Å². The molecule has 8 atom stereocenters. The van der Waals surface area contributed by atoms with Crippen molar-refractivity contribution >= 4 is 18.5 Å². The van der Waals surface area contributed by atoms with Gasteiger partial charge in [-0.2, -0.15) is 0 Å². The van der Waals surface area contributed by atoms with Gasteiger partial charge in [-0.25, -0.2) is 0 Å². The van der Waals surface area contributed by atoms with Crippen LogP contribution in [0.4, 0.5) is 0 Å². The van der Waals surface area contributed by atoms with E-state index >= 15 is 0 Å². The summed E-state index contributed by atoms with van der Waals surface area (Å²) in [7, 11) is 0. The van der Waals surface area contributed by atoms with E-state index in [-0.39, 0.29) is 11.5 Å². The molecule has 32 heavy (non-hydrogen) atoms. The maximum absolute atomic E-state index is 9.64. The predicted octanol–water partition coefficient (Wildman–Crippen LogP) is 7.62. The van der Waals surface area contributed by atoms with Crippen LogP contribution in [-0.2, 0) is 16.3 Å². The van der Waals surface area contributed by atoms with E-state index in [1.807, 2.05) is 0 Å². The largest absolute Gasteiger partial charge is 0.325 e. The molecule has 0 amide bonds. The number of rotatable bonds is 7. The Bertz CT molecular complexity index is 760. The van der Waals surface area contributed by atoms with Crippen LogP contribution in [0.5, 0.6) is 0 Å². The summed E-state index contributed by atoms with van der Waals surface area (Å²) in [6, 6.07) is 0. The van der Waals surface area contributed by atoms with Crippen LogP contribution in [0.3, 0.4) is 0 Å². The highest BCUT2D eigenvalue weighted by atomic mass is 32.5. The predicted molar refractivity (Wildman–Crippen MR) is 137 cm³/mol. The van der Waals surface area contributed by atoms with E-state index in [1.54, 1.807) is 0 Å². The normalized spacial score (nSPS) is 42.8. The molecule has 2 N–H and O–H groups in total. The molecule has 4 aliphatic rings. The summed E-state index contributed by atoms with van der Waals surface area (Å²) in [5.74, 6) is 5.08. The standard InChI is InChI=1S/C27H47O3PS/c1-18(2)7-6-8-19(3)23-11-12-24-22-10-9-20-17-21(30-31(28,29)32)13-15-26(20,4)25(22)14-16-27(23,24)5/h9,18-19,21-25H,6-8,10-17H2,1-5H3,(H2,28,29,32)/t19-,21?,22?,23-,24?,25?,26+,27-/m1/s1. The van der Waals surface area contributed by atoms with Crippen molar-refractivity contribution in [2.24, 2.45) is 46.3 Å². The molecule has 0 aromatic heterocycles. The summed E-state index contributed by atoms with van der Waals surface area (Å²) < 4.78 is 5.48. The molecule has 184 valence electrons. The number of allylic oxidation sites excluding steroid dienone is 1. The lowest BCUT2D eigenvalue weighted by atomic mass is 9.47. The topological polar surface area (TPSA) is 49.7 Å². The van der Waals surface area contributed by atoms with Gasteiger partial charge in [0.05, 0.1) is 6.10 Å². The zero-order chi connectivity index (χ0) is 23.3. The number of hydrogen-bond acceptors (Lipinski definition) is 2. The first-order valence-electron chi connectivity index (χ1n) is 13.4. The van der Waals surface area contributed by atoms with Crippen molar-refractivity contribution in [1.29, 1.82) is 0 Å². The van der Waals surface area contributed by atoms with E-state index in [0.717, 1.165) is 54.8 Å². The molecule has 0 aromatic carbocycles. The lowest BCUT2D eigenvalue weighted by molar-refractivity contribution is -0.0563. The first-order chi connectivity index (χ1) is 14.9. The quantitative estimate of drug-likeness (QED) is 0.289. The third-order valence-corrected chi connectivity index (χ3v) is 11.4. The van der Waals surface area contributed by atoms with Gasteiger partial charge in [-0.1, -0.05) is 65.5 Å². The molecule has 4 rings (SSSR count). The average molecular weight is 483 g/mol. The summed E-state index contributed by atoms with van der Waals surface area (Å²) in [4.78, 5) is 19.3. The average Bonchev–Trinajstić information content (AvgIpc) is 3.04. The van der Waals surface area contributed by atoms with E-state index in [4.69, 9.17) is 16.3 Å². The van der Waals surface area contributed by atoms with E-state index in [1.165, 1.54) is 56.9 Å². The van der Waals surface area contributed by atoms with Crippen LogP contribution >= 0.6 is 6.72 Å². The van der Waals surface area contributed by atoms with Gasteiger partial charge in [0.1, 0.15) is 0 Å². The Morgan fingerprint density at radius 2 is 1.81 bits per heavy atom. The molecule has 0 aromatic rings. The third-order valence-electron chi connectivity index (χ3n) is 10.5. The van der Waals surface area contributed by atoms with E-state index < -0.39 is 6.72 Å². The maximum atomic E-state index is 9.64. The second kappa shape index (κ2) is 9.38. The first-order valence-corrected chi connectivity index (χ1v) is 16.0. The van der Waals surface area contributed by atoms with Gasteiger partial charge < -0.3 is 14.3 Å². The lowest BCUT2D eigenvalue weighted by Gasteiger charge is -2.58. The van der Waals surface area contributed by atoms with Crippen LogP contribution < -0.4 is 0 Å². The minimum atomic E-state index is -3.58. The van der Waals surface area contributed by atoms with Gasteiger partial charge in [-0.3, -0.25) is 0 Å². The Morgan fingerprint density at radius 3 is 2.50 bits per heavy atom. The summed E-state index contributed by atoms with van der Waals surface area (Å²) in [5, 5.41) is 0. The molecule has 0 saturated heterocycles. The lowest BCUT2D eigenvalue weighted by Crippen LogP contribution is -2.50. The Balaban J connectivity index is 1.46. The fraction of sp³-hybridized carbons (Fsp3) is 0.926. The molecule has 4 unspecified atom stereocenters. The summed E-state index contributed by atoms with van der Waals surface area (Å²) in [6.45, 7) is 8.84. The van der Waals surface area contributed by atoms with Crippen molar-refractivity contribution in [3.63, 3.8) is 0 Å². The Kier molecular flexibility index (Phi) is 7.43. The minimum absolute atomic E-state index is 0.122. The van der Waals surface area contributed by atoms with Crippen molar-refractivity contribution < 1.29 is 14.3 Å². The van der Waals surface area contributed by atoms with Gasteiger partial charge in [-0.15, -0.1) is 0 Å². The molecule has 0 aliphatic heterocycles. The highest BCUT2D eigenvalue weighted by molar-refractivity contribution is 8.06.